The maximum absolute atomic E-state index is 5.79. The third-order valence-electron chi connectivity index (χ3n) is 2.91. The average molecular weight is 254 g/mol. The van der Waals surface area contributed by atoms with Crippen molar-refractivity contribution >= 4 is 12.0 Å². The third kappa shape index (κ3) is 4.60. The van der Waals surface area contributed by atoms with E-state index in [-0.39, 0.29) is 0 Å². The van der Waals surface area contributed by atoms with E-state index in [1.165, 1.54) is 28.7 Å². The minimum absolute atomic E-state index is 0.407. The molecule has 1 rings (SSSR count). The second-order valence-corrected chi connectivity index (χ2v) is 5.12. The molecular weight excluding hydrogens is 232 g/mol. The van der Waals surface area contributed by atoms with E-state index in [1.807, 2.05) is 6.26 Å². The summed E-state index contributed by atoms with van der Waals surface area (Å²) in [4.78, 5) is 0. The first-order valence-corrected chi connectivity index (χ1v) is 7.05. The molecule has 96 valence electrons. The van der Waals surface area contributed by atoms with Crippen LogP contribution in [0.5, 0.6) is 5.75 Å². The van der Waals surface area contributed by atoms with Gasteiger partial charge in [-0.05, 0) is 61.6 Å². The quantitative estimate of drug-likeness (QED) is 0.717. The smallest absolute Gasteiger partial charge is 0.119 e. The van der Waals surface area contributed by atoms with Crippen LogP contribution in [0.25, 0.3) is 0 Å². The molecule has 0 amide bonds. The lowest BCUT2D eigenvalue weighted by Gasteiger charge is -2.14. The second kappa shape index (κ2) is 6.92. The molecule has 0 bridgehead atoms. The minimum atomic E-state index is 0.407. The summed E-state index contributed by atoms with van der Waals surface area (Å²) >= 11 is 1.40. The maximum atomic E-state index is 5.79. The van der Waals surface area contributed by atoms with Gasteiger partial charge in [-0.2, -0.15) is 0 Å². The van der Waals surface area contributed by atoms with E-state index in [2.05, 4.69) is 39.8 Å². The van der Waals surface area contributed by atoms with Crippen molar-refractivity contribution in [3.63, 3.8) is 0 Å². The molecule has 17 heavy (non-hydrogen) atoms. The van der Waals surface area contributed by atoms with E-state index in [9.17, 15) is 0 Å². The number of rotatable bonds is 6. The van der Waals surface area contributed by atoms with Crippen molar-refractivity contribution in [1.29, 1.82) is 0 Å². The van der Waals surface area contributed by atoms with Gasteiger partial charge in [0.25, 0.3) is 0 Å². The molecule has 0 aliphatic heterocycles. The Morgan fingerprint density at radius 2 is 1.71 bits per heavy atom. The highest BCUT2D eigenvalue weighted by Gasteiger charge is 2.06. The number of benzene rings is 1. The van der Waals surface area contributed by atoms with E-state index in [0.717, 1.165) is 12.4 Å². The standard InChI is InChI=1S/C14H22O2S/c1-10(9-16-17-5)8-15-14-6-11(2)13(4)12(3)7-14/h6-7,10H,8-9H2,1-5H3/t10-/m1/s1. The van der Waals surface area contributed by atoms with Crippen molar-refractivity contribution < 1.29 is 8.92 Å². The zero-order chi connectivity index (χ0) is 12.8. The molecular formula is C14H22O2S. The Morgan fingerprint density at radius 1 is 1.12 bits per heavy atom. The molecule has 0 saturated heterocycles. The van der Waals surface area contributed by atoms with Crippen LogP contribution in [-0.2, 0) is 4.18 Å². The maximum Gasteiger partial charge on any atom is 0.119 e. The van der Waals surface area contributed by atoms with E-state index in [1.54, 1.807) is 0 Å². The first-order valence-electron chi connectivity index (χ1n) is 5.90. The fourth-order valence-corrected chi connectivity index (χ4v) is 1.92. The van der Waals surface area contributed by atoms with Crippen molar-refractivity contribution in [3.8, 4) is 5.75 Å². The Labute approximate surface area is 109 Å². The summed E-state index contributed by atoms with van der Waals surface area (Å²) in [6, 6.07) is 4.20. The SMILES string of the molecule is CSOC[C@H](C)COc1cc(C)c(C)c(C)c1. The van der Waals surface area contributed by atoms with Crippen molar-refractivity contribution in [2.24, 2.45) is 5.92 Å². The number of aryl methyl sites for hydroxylation is 2. The summed E-state index contributed by atoms with van der Waals surface area (Å²) in [6.45, 7) is 9.94. The van der Waals surface area contributed by atoms with E-state index in [0.29, 0.717) is 12.5 Å². The molecule has 0 fully saturated rings. The van der Waals surface area contributed by atoms with Crippen LogP contribution in [0.4, 0.5) is 0 Å². The van der Waals surface area contributed by atoms with Crippen LogP contribution < -0.4 is 4.74 Å². The minimum Gasteiger partial charge on any atom is -0.493 e. The predicted molar refractivity (Wildman–Crippen MR) is 74.8 cm³/mol. The first-order chi connectivity index (χ1) is 8.04. The monoisotopic (exact) mass is 254 g/mol. The molecule has 0 spiro atoms. The molecule has 0 unspecified atom stereocenters. The normalized spacial score (nSPS) is 12.5. The average Bonchev–Trinajstić information content (AvgIpc) is 2.30. The van der Waals surface area contributed by atoms with Gasteiger partial charge in [-0.1, -0.05) is 6.92 Å². The summed E-state index contributed by atoms with van der Waals surface area (Å²) in [5.74, 6) is 1.37. The van der Waals surface area contributed by atoms with Gasteiger partial charge >= 0.3 is 0 Å². The second-order valence-electron chi connectivity index (χ2n) is 4.55. The Kier molecular flexibility index (Phi) is 5.86. The zero-order valence-electron chi connectivity index (χ0n) is 11.4. The largest absolute Gasteiger partial charge is 0.493 e. The molecule has 0 heterocycles. The Hall–Kier alpha value is -0.670. The van der Waals surface area contributed by atoms with Crippen molar-refractivity contribution in [3.05, 3.63) is 28.8 Å². The van der Waals surface area contributed by atoms with Crippen LogP contribution in [0.2, 0.25) is 0 Å². The summed E-state index contributed by atoms with van der Waals surface area (Å²) < 4.78 is 11.1. The molecule has 0 N–H and O–H groups in total. The van der Waals surface area contributed by atoms with Crippen LogP contribution in [0, 0.1) is 26.7 Å². The summed E-state index contributed by atoms with van der Waals surface area (Å²) in [5.41, 5.74) is 3.91. The Morgan fingerprint density at radius 3 is 2.24 bits per heavy atom. The van der Waals surface area contributed by atoms with Gasteiger partial charge < -0.3 is 8.92 Å². The third-order valence-corrected chi connectivity index (χ3v) is 3.28. The van der Waals surface area contributed by atoms with E-state index < -0.39 is 0 Å². The summed E-state index contributed by atoms with van der Waals surface area (Å²) in [5, 5.41) is 0. The molecule has 2 nitrogen and oxygen atoms in total. The lowest BCUT2D eigenvalue weighted by molar-refractivity contribution is 0.205. The van der Waals surface area contributed by atoms with Gasteiger partial charge in [0.1, 0.15) is 5.75 Å². The molecule has 0 saturated carbocycles. The lowest BCUT2D eigenvalue weighted by Crippen LogP contribution is -2.13. The molecule has 0 aliphatic carbocycles. The number of hydrogen-bond donors (Lipinski definition) is 0. The highest BCUT2D eigenvalue weighted by Crippen LogP contribution is 2.21. The first kappa shape index (κ1) is 14.4. The fraction of sp³-hybridized carbons (Fsp3) is 0.571. The van der Waals surface area contributed by atoms with Gasteiger partial charge in [-0.3, -0.25) is 0 Å². The molecule has 0 radical (unpaired) electrons. The summed E-state index contributed by atoms with van der Waals surface area (Å²) in [6.07, 6.45) is 1.93. The molecule has 1 aromatic carbocycles. The Bertz CT molecular complexity index is 340. The molecule has 0 aromatic heterocycles. The fourth-order valence-electron chi connectivity index (χ4n) is 1.55. The van der Waals surface area contributed by atoms with Crippen molar-refractivity contribution in [2.45, 2.75) is 27.7 Å². The highest BCUT2D eigenvalue weighted by atomic mass is 32.2. The highest BCUT2D eigenvalue weighted by molar-refractivity contribution is 7.93. The van der Waals surface area contributed by atoms with Gasteiger partial charge in [0.15, 0.2) is 0 Å². The van der Waals surface area contributed by atoms with Crippen LogP contribution in [0.1, 0.15) is 23.6 Å². The van der Waals surface area contributed by atoms with Crippen molar-refractivity contribution in [2.75, 3.05) is 19.5 Å². The molecule has 0 aliphatic rings. The van der Waals surface area contributed by atoms with Crippen molar-refractivity contribution in [1.82, 2.24) is 0 Å². The van der Waals surface area contributed by atoms with Crippen LogP contribution in [-0.4, -0.2) is 19.5 Å². The molecule has 1 atom stereocenters. The summed E-state index contributed by atoms with van der Waals surface area (Å²) in [7, 11) is 0. The van der Waals surface area contributed by atoms with E-state index >= 15 is 0 Å². The van der Waals surface area contributed by atoms with Gasteiger partial charge in [0.2, 0.25) is 0 Å². The zero-order valence-corrected chi connectivity index (χ0v) is 12.2. The van der Waals surface area contributed by atoms with Crippen LogP contribution >= 0.6 is 12.0 Å². The van der Waals surface area contributed by atoms with E-state index in [4.69, 9.17) is 8.92 Å². The number of ether oxygens (including phenoxy) is 1. The Balaban J connectivity index is 2.52. The topological polar surface area (TPSA) is 18.5 Å². The van der Waals surface area contributed by atoms with Crippen LogP contribution in [0.15, 0.2) is 12.1 Å². The van der Waals surface area contributed by atoms with Gasteiger partial charge in [-0.25, -0.2) is 0 Å². The van der Waals surface area contributed by atoms with Crippen LogP contribution in [0.3, 0.4) is 0 Å². The molecule has 1 aromatic rings. The van der Waals surface area contributed by atoms with Gasteiger partial charge in [0.05, 0.1) is 13.2 Å². The van der Waals surface area contributed by atoms with Gasteiger partial charge in [-0.15, -0.1) is 0 Å². The molecule has 3 heteroatoms. The van der Waals surface area contributed by atoms with Gasteiger partial charge in [0, 0.05) is 12.2 Å². The number of hydrogen-bond acceptors (Lipinski definition) is 3. The lowest BCUT2D eigenvalue weighted by atomic mass is 10.0. The predicted octanol–water partition coefficient (Wildman–Crippen LogP) is 3.92.